The van der Waals surface area contributed by atoms with Gasteiger partial charge in [-0.05, 0) is 12.8 Å². The first kappa shape index (κ1) is 12.5. The van der Waals surface area contributed by atoms with Gasteiger partial charge in [0.15, 0.2) is 0 Å². The third kappa shape index (κ3) is 3.13. The molecule has 0 unspecified atom stereocenters. The van der Waals surface area contributed by atoms with Crippen LogP contribution in [-0.2, 0) is 0 Å². The summed E-state index contributed by atoms with van der Waals surface area (Å²) < 4.78 is 0. The summed E-state index contributed by atoms with van der Waals surface area (Å²) in [5, 5.41) is 8.34. The van der Waals surface area contributed by atoms with E-state index in [9.17, 15) is 4.79 Å². The van der Waals surface area contributed by atoms with E-state index in [0.29, 0.717) is 0 Å². The Morgan fingerprint density at radius 2 is 1.60 bits per heavy atom. The highest BCUT2D eigenvalue weighted by molar-refractivity contribution is 5.85. The SMILES string of the molecule is Cl.Cl.O=C(O)N1CCCC1. The molecule has 1 N–H and O–H groups in total. The van der Waals surface area contributed by atoms with Crippen molar-refractivity contribution in [3.05, 3.63) is 0 Å². The van der Waals surface area contributed by atoms with Gasteiger partial charge in [-0.15, -0.1) is 24.8 Å². The van der Waals surface area contributed by atoms with Crippen LogP contribution in [-0.4, -0.2) is 29.2 Å². The molecule has 1 saturated heterocycles. The molecule has 0 atom stereocenters. The van der Waals surface area contributed by atoms with Crippen molar-refractivity contribution in [1.29, 1.82) is 0 Å². The molecule has 10 heavy (non-hydrogen) atoms. The molecule has 62 valence electrons. The van der Waals surface area contributed by atoms with Gasteiger partial charge >= 0.3 is 6.09 Å². The van der Waals surface area contributed by atoms with Gasteiger partial charge in [-0.3, -0.25) is 0 Å². The molecular formula is C5H11Cl2NO2. The zero-order valence-corrected chi connectivity index (χ0v) is 7.08. The molecule has 1 aliphatic rings. The lowest BCUT2D eigenvalue weighted by molar-refractivity contribution is 0.156. The molecule has 1 aliphatic heterocycles. The van der Waals surface area contributed by atoms with E-state index in [1.54, 1.807) is 0 Å². The van der Waals surface area contributed by atoms with Gasteiger partial charge in [0.05, 0.1) is 0 Å². The van der Waals surface area contributed by atoms with Gasteiger partial charge in [-0.25, -0.2) is 4.79 Å². The molecule has 0 saturated carbocycles. The second-order valence-corrected chi connectivity index (χ2v) is 1.98. The number of nitrogens with zero attached hydrogens (tertiary/aromatic N) is 1. The maximum atomic E-state index is 10.1. The van der Waals surface area contributed by atoms with E-state index in [1.807, 2.05) is 0 Å². The van der Waals surface area contributed by atoms with Crippen LogP contribution in [0, 0.1) is 0 Å². The van der Waals surface area contributed by atoms with E-state index in [4.69, 9.17) is 5.11 Å². The van der Waals surface area contributed by atoms with E-state index in [1.165, 1.54) is 4.90 Å². The summed E-state index contributed by atoms with van der Waals surface area (Å²) >= 11 is 0. The van der Waals surface area contributed by atoms with Gasteiger partial charge in [-0.2, -0.15) is 0 Å². The van der Waals surface area contributed by atoms with E-state index in [0.717, 1.165) is 25.9 Å². The Balaban J connectivity index is 0. The fraction of sp³-hybridized carbons (Fsp3) is 0.800. The van der Waals surface area contributed by atoms with Crippen LogP contribution < -0.4 is 0 Å². The molecular weight excluding hydrogens is 177 g/mol. The van der Waals surface area contributed by atoms with Crippen molar-refractivity contribution < 1.29 is 9.90 Å². The van der Waals surface area contributed by atoms with Crippen molar-refractivity contribution in [2.24, 2.45) is 0 Å². The van der Waals surface area contributed by atoms with E-state index in [-0.39, 0.29) is 24.8 Å². The van der Waals surface area contributed by atoms with Crippen LogP contribution >= 0.6 is 24.8 Å². The van der Waals surface area contributed by atoms with Crippen LogP contribution in [0.5, 0.6) is 0 Å². The Morgan fingerprint density at radius 3 is 1.80 bits per heavy atom. The van der Waals surface area contributed by atoms with Crippen LogP contribution in [0.3, 0.4) is 0 Å². The second-order valence-electron chi connectivity index (χ2n) is 1.98. The largest absolute Gasteiger partial charge is 0.465 e. The minimum Gasteiger partial charge on any atom is -0.465 e. The molecule has 0 bridgehead atoms. The number of hydrogen-bond donors (Lipinski definition) is 1. The zero-order valence-electron chi connectivity index (χ0n) is 5.45. The Labute approximate surface area is 72.2 Å². The van der Waals surface area contributed by atoms with Crippen molar-refractivity contribution >= 4 is 30.9 Å². The topological polar surface area (TPSA) is 40.5 Å². The molecule has 3 nitrogen and oxygen atoms in total. The Bertz CT molecular complexity index is 104. The first-order chi connectivity index (χ1) is 3.80. The Hall–Kier alpha value is -0.150. The van der Waals surface area contributed by atoms with Gasteiger partial charge in [0.2, 0.25) is 0 Å². The van der Waals surface area contributed by atoms with Crippen LogP contribution in [0.1, 0.15) is 12.8 Å². The molecule has 1 amide bonds. The van der Waals surface area contributed by atoms with Crippen LogP contribution in [0.25, 0.3) is 0 Å². The van der Waals surface area contributed by atoms with Crippen molar-refractivity contribution in [1.82, 2.24) is 4.90 Å². The standard InChI is InChI=1S/C5H9NO2.2ClH/c7-5(8)6-3-1-2-4-6;;/h1-4H2,(H,7,8);2*1H. The number of carbonyl (C=O) groups is 1. The van der Waals surface area contributed by atoms with Crippen molar-refractivity contribution in [3.8, 4) is 0 Å². The molecule has 0 aromatic heterocycles. The lowest BCUT2D eigenvalue weighted by Crippen LogP contribution is -2.25. The highest BCUT2D eigenvalue weighted by Crippen LogP contribution is 2.05. The van der Waals surface area contributed by atoms with Crippen molar-refractivity contribution in [2.45, 2.75) is 12.8 Å². The summed E-state index contributed by atoms with van der Waals surface area (Å²) in [6, 6.07) is 0. The summed E-state index contributed by atoms with van der Waals surface area (Å²) in [6.45, 7) is 1.46. The summed E-state index contributed by atoms with van der Waals surface area (Å²) in [7, 11) is 0. The van der Waals surface area contributed by atoms with Crippen LogP contribution in [0.15, 0.2) is 0 Å². The van der Waals surface area contributed by atoms with Gasteiger partial charge in [0.1, 0.15) is 0 Å². The fourth-order valence-electron chi connectivity index (χ4n) is 0.908. The smallest absolute Gasteiger partial charge is 0.407 e. The molecule has 1 rings (SSSR count). The highest BCUT2D eigenvalue weighted by Gasteiger charge is 2.15. The maximum absolute atomic E-state index is 10.1. The van der Waals surface area contributed by atoms with Gasteiger partial charge < -0.3 is 10.0 Å². The number of rotatable bonds is 0. The fourth-order valence-corrected chi connectivity index (χ4v) is 0.908. The third-order valence-corrected chi connectivity index (χ3v) is 1.38. The Kier molecular flexibility index (Phi) is 7.04. The number of hydrogen-bond acceptors (Lipinski definition) is 1. The van der Waals surface area contributed by atoms with Gasteiger partial charge in [-0.1, -0.05) is 0 Å². The molecule has 1 heterocycles. The zero-order chi connectivity index (χ0) is 5.98. The van der Waals surface area contributed by atoms with E-state index < -0.39 is 6.09 Å². The lowest BCUT2D eigenvalue weighted by Gasteiger charge is -2.07. The summed E-state index contributed by atoms with van der Waals surface area (Å²) in [4.78, 5) is 11.6. The van der Waals surface area contributed by atoms with Gasteiger partial charge in [0, 0.05) is 13.1 Å². The average molecular weight is 188 g/mol. The molecule has 1 fully saturated rings. The third-order valence-electron chi connectivity index (χ3n) is 1.38. The monoisotopic (exact) mass is 187 g/mol. The first-order valence-electron chi connectivity index (χ1n) is 2.78. The Morgan fingerprint density at radius 1 is 1.20 bits per heavy atom. The van der Waals surface area contributed by atoms with Gasteiger partial charge in [0.25, 0.3) is 0 Å². The summed E-state index contributed by atoms with van der Waals surface area (Å²) in [6.07, 6.45) is 1.29. The normalized spacial score (nSPS) is 15.4. The molecule has 5 heteroatoms. The molecule has 0 aliphatic carbocycles. The van der Waals surface area contributed by atoms with Crippen LogP contribution in [0.4, 0.5) is 4.79 Å². The first-order valence-corrected chi connectivity index (χ1v) is 2.78. The second kappa shape index (κ2) is 5.62. The molecule has 0 aromatic rings. The van der Waals surface area contributed by atoms with E-state index >= 15 is 0 Å². The minimum atomic E-state index is -0.775. The van der Waals surface area contributed by atoms with Crippen molar-refractivity contribution in [2.75, 3.05) is 13.1 Å². The summed E-state index contributed by atoms with van der Waals surface area (Å²) in [5.41, 5.74) is 0. The van der Waals surface area contributed by atoms with Crippen LogP contribution in [0.2, 0.25) is 0 Å². The van der Waals surface area contributed by atoms with E-state index in [2.05, 4.69) is 0 Å². The molecule has 0 aromatic carbocycles. The summed E-state index contributed by atoms with van der Waals surface area (Å²) in [5.74, 6) is 0. The lowest BCUT2D eigenvalue weighted by atomic mass is 10.4. The maximum Gasteiger partial charge on any atom is 0.407 e. The average Bonchev–Trinajstić information content (AvgIpc) is 2.12. The number of amides is 1. The predicted molar refractivity (Wildman–Crippen MR) is 43.3 cm³/mol. The number of likely N-dealkylation sites (tertiary alicyclic amines) is 1. The number of halogens is 2. The molecule has 0 radical (unpaired) electrons. The minimum absolute atomic E-state index is 0. The van der Waals surface area contributed by atoms with Crippen molar-refractivity contribution in [3.63, 3.8) is 0 Å². The number of carboxylic acid groups (broad SMARTS) is 1. The highest BCUT2D eigenvalue weighted by atomic mass is 35.5. The predicted octanol–water partition coefficient (Wildman–Crippen LogP) is 1.60. The molecule has 0 spiro atoms. The quantitative estimate of drug-likeness (QED) is 0.627.